The van der Waals surface area contributed by atoms with Gasteiger partial charge in [-0.3, -0.25) is 4.79 Å². The third-order valence-electron chi connectivity index (χ3n) is 3.11. The highest BCUT2D eigenvalue weighted by Gasteiger charge is 2.36. The number of sulfonamides is 1. The molecule has 2 fully saturated rings. The quantitative estimate of drug-likeness (QED) is 0.767. The maximum Gasteiger partial charge on any atom is 0.238 e. The van der Waals surface area contributed by atoms with Gasteiger partial charge in [0.15, 0.2) is 0 Å². The monoisotopic (exact) mass is 246 g/mol. The molecule has 0 radical (unpaired) electrons. The summed E-state index contributed by atoms with van der Waals surface area (Å²) in [5.74, 6) is -0.118. The Hall–Kier alpha value is -0.620. The maximum absolute atomic E-state index is 11.9. The number of amides is 1. The van der Waals surface area contributed by atoms with Crippen LogP contribution in [0, 0.1) is 0 Å². The smallest absolute Gasteiger partial charge is 0.238 e. The van der Waals surface area contributed by atoms with E-state index in [-0.39, 0.29) is 11.9 Å². The van der Waals surface area contributed by atoms with Crippen LogP contribution in [-0.2, 0) is 14.8 Å². The van der Waals surface area contributed by atoms with Crippen molar-refractivity contribution in [1.82, 2.24) is 9.62 Å². The molecular weight excluding hydrogens is 228 g/mol. The zero-order valence-electron chi connectivity index (χ0n) is 9.48. The van der Waals surface area contributed by atoms with Gasteiger partial charge in [-0.1, -0.05) is 6.42 Å². The Labute approximate surface area is 96.2 Å². The zero-order valence-corrected chi connectivity index (χ0v) is 10.3. The second-order valence-corrected chi connectivity index (χ2v) is 6.60. The average molecular weight is 246 g/mol. The van der Waals surface area contributed by atoms with Crippen molar-refractivity contribution in [2.75, 3.05) is 12.8 Å². The first-order chi connectivity index (χ1) is 7.48. The minimum Gasteiger partial charge on any atom is -0.352 e. The summed E-state index contributed by atoms with van der Waals surface area (Å²) >= 11 is 0. The lowest BCUT2D eigenvalue weighted by atomic mass is 10.0. The van der Waals surface area contributed by atoms with Gasteiger partial charge in [-0.05, 0) is 25.7 Å². The number of hydrogen-bond donors (Lipinski definition) is 1. The molecule has 2 aliphatic rings. The van der Waals surface area contributed by atoms with Gasteiger partial charge in [0, 0.05) is 12.6 Å². The Morgan fingerprint density at radius 2 is 1.94 bits per heavy atom. The minimum atomic E-state index is -3.26. The van der Waals surface area contributed by atoms with Gasteiger partial charge in [0.05, 0.1) is 6.26 Å². The molecule has 0 spiro atoms. The summed E-state index contributed by atoms with van der Waals surface area (Å²) in [5.41, 5.74) is 0. The second-order valence-electron chi connectivity index (χ2n) is 4.67. The van der Waals surface area contributed by atoms with Crippen LogP contribution < -0.4 is 5.32 Å². The number of carbonyl (C=O) groups is 1. The van der Waals surface area contributed by atoms with E-state index in [0.29, 0.717) is 13.0 Å². The molecule has 92 valence electrons. The SMILES string of the molecule is CS(=O)(=O)N1CCCC[C@H]1C(=O)NC1CC1. The number of carbonyl (C=O) groups excluding carboxylic acids is 1. The summed E-state index contributed by atoms with van der Waals surface area (Å²) < 4.78 is 24.4. The first-order valence-corrected chi connectivity index (χ1v) is 7.60. The molecule has 1 heterocycles. The molecule has 1 N–H and O–H groups in total. The van der Waals surface area contributed by atoms with Gasteiger partial charge in [0.2, 0.25) is 15.9 Å². The van der Waals surface area contributed by atoms with E-state index in [1.54, 1.807) is 0 Å². The predicted octanol–water partition coefficient (Wildman–Crippen LogP) is 0.0791. The van der Waals surface area contributed by atoms with Crippen LogP contribution in [0.15, 0.2) is 0 Å². The van der Waals surface area contributed by atoms with Crippen molar-refractivity contribution in [3.8, 4) is 0 Å². The van der Waals surface area contributed by atoms with Gasteiger partial charge >= 0.3 is 0 Å². The fourth-order valence-electron chi connectivity index (χ4n) is 2.09. The Morgan fingerprint density at radius 3 is 2.50 bits per heavy atom. The van der Waals surface area contributed by atoms with E-state index in [4.69, 9.17) is 0 Å². The van der Waals surface area contributed by atoms with E-state index in [1.165, 1.54) is 10.6 Å². The topological polar surface area (TPSA) is 66.5 Å². The van der Waals surface area contributed by atoms with E-state index >= 15 is 0 Å². The summed E-state index contributed by atoms with van der Waals surface area (Å²) in [5, 5.41) is 2.88. The van der Waals surface area contributed by atoms with E-state index in [0.717, 1.165) is 25.7 Å². The number of piperidine rings is 1. The third-order valence-corrected chi connectivity index (χ3v) is 4.40. The van der Waals surface area contributed by atoms with Crippen LogP contribution >= 0.6 is 0 Å². The van der Waals surface area contributed by atoms with Crippen molar-refractivity contribution in [2.45, 2.75) is 44.2 Å². The van der Waals surface area contributed by atoms with E-state index < -0.39 is 16.1 Å². The molecule has 6 heteroatoms. The van der Waals surface area contributed by atoms with Crippen LogP contribution in [0.1, 0.15) is 32.1 Å². The summed E-state index contributed by atoms with van der Waals surface area (Å²) in [6, 6.07) is -0.194. The average Bonchev–Trinajstić information content (AvgIpc) is 3.00. The lowest BCUT2D eigenvalue weighted by Crippen LogP contribution is -2.51. The van der Waals surface area contributed by atoms with Crippen LogP contribution in [0.3, 0.4) is 0 Å². The number of hydrogen-bond acceptors (Lipinski definition) is 3. The largest absolute Gasteiger partial charge is 0.352 e. The molecule has 0 unspecified atom stereocenters. The van der Waals surface area contributed by atoms with E-state index in [9.17, 15) is 13.2 Å². The molecule has 16 heavy (non-hydrogen) atoms. The van der Waals surface area contributed by atoms with Gasteiger partial charge in [-0.15, -0.1) is 0 Å². The summed E-state index contributed by atoms with van der Waals surface area (Å²) in [7, 11) is -3.26. The normalized spacial score (nSPS) is 27.7. The molecule has 0 bridgehead atoms. The highest BCUT2D eigenvalue weighted by Crippen LogP contribution is 2.23. The molecule has 1 amide bonds. The third kappa shape index (κ3) is 2.74. The zero-order chi connectivity index (χ0) is 11.8. The number of rotatable bonds is 3. The van der Waals surface area contributed by atoms with Crippen molar-refractivity contribution in [3.63, 3.8) is 0 Å². The van der Waals surface area contributed by atoms with Gasteiger partial charge in [-0.2, -0.15) is 4.31 Å². The van der Waals surface area contributed by atoms with Crippen LogP contribution in [0.25, 0.3) is 0 Å². The molecule has 1 aliphatic heterocycles. The standard InChI is InChI=1S/C10H18N2O3S/c1-16(14,15)12-7-3-2-4-9(12)10(13)11-8-5-6-8/h8-9H,2-7H2,1H3,(H,11,13)/t9-/m0/s1. The molecule has 5 nitrogen and oxygen atoms in total. The van der Waals surface area contributed by atoms with Crippen LogP contribution in [0.4, 0.5) is 0 Å². The second kappa shape index (κ2) is 4.33. The Kier molecular flexibility index (Phi) is 3.21. The maximum atomic E-state index is 11.9. The fourth-order valence-corrected chi connectivity index (χ4v) is 3.21. The van der Waals surface area contributed by atoms with Gasteiger partial charge in [-0.25, -0.2) is 8.42 Å². The molecule has 0 aromatic rings. The Balaban J connectivity index is 2.06. The molecule has 1 saturated carbocycles. The van der Waals surface area contributed by atoms with Gasteiger partial charge in [0.25, 0.3) is 0 Å². The molecule has 0 aromatic heterocycles. The van der Waals surface area contributed by atoms with Crippen molar-refractivity contribution < 1.29 is 13.2 Å². The highest BCUT2D eigenvalue weighted by atomic mass is 32.2. The van der Waals surface area contributed by atoms with Crippen molar-refractivity contribution in [1.29, 1.82) is 0 Å². The predicted molar refractivity (Wildman–Crippen MR) is 60.4 cm³/mol. The van der Waals surface area contributed by atoms with Crippen LogP contribution in [0.2, 0.25) is 0 Å². The lowest BCUT2D eigenvalue weighted by Gasteiger charge is -2.32. The van der Waals surface area contributed by atoms with Gasteiger partial charge < -0.3 is 5.32 Å². The van der Waals surface area contributed by atoms with E-state index in [2.05, 4.69) is 5.32 Å². The van der Waals surface area contributed by atoms with Crippen molar-refractivity contribution in [3.05, 3.63) is 0 Å². The number of nitrogens with zero attached hydrogens (tertiary/aromatic N) is 1. The molecule has 1 aliphatic carbocycles. The Bertz CT molecular complexity index is 376. The Morgan fingerprint density at radius 1 is 1.25 bits per heavy atom. The first-order valence-electron chi connectivity index (χ1n) is 5.75. The fraction of sp³-hybridized carbons (Fsp3) is 0.900. The molecule has 0 aromatic carbocycles. The minimum absolute atomic E-state index is 0.118. The number of nitrogens with one attached hydrogen (secondary N) is 1. The lowest BCUT2D eigenvalue weighted by molar-refractivity contribution is -0.125. The molecule has 1 saturated heterocycles. The summed E-state index contributed by atoms with van der Waals surface area (Å²) in [6.45, 7) is 0.474. The van der Waals surface area contributed by atoms with Crippen LogP contribution in [0.5, 0.6) is 0 Å². The first kappa shape index (κ1) is 11.9. The molecule has 2 rings (SSSR count). The van der Waals surface area contributed by atoms with Crippen molar-refractivity contribution in [2.24, 2.45) is 0 Å². The van der Waals surface area contributed by atoms with Gasteiger partial charge in [0.1, 0.15) is 6.04 Å². The molecule has 1 atom stereocenters. The van der Waals surface area contributed by atoms with E-state index in [1.807, 2.05) is 0 Å². The highest BCUT2D eigenvalue weighted by molar-refractivity contribution is 7.88. The van der Waals surface area contributed by atoms with Crippen molar-refractivity contribution >= 4 is 15.9 Å². The molecular formula is C10H18N2O3S. The summed E-state index contributed by atoms with van der Waals surface area (Å²) in [6.07, 6.45) is 5.64. The van der Waals surface area contributed by atoms with Crippen LogP contribution in [-0.4, -0.2) is 43.5 Å². The summed E-state index contributed by atoms with van der Waals surface area (Å²) in [4.78, 5) is 11.9.